The molecule has 9 nitrogen and oxygen atoms in total. The van der Waals surface area contributed by atoms with E-state index < -0.39 is 32.3 Å². The molecule has 37 heavy (non-hydrogen) atoms. The van der Waals surface area contributed by atoms with Gasteiger partial charge in [-0.25, -0.2) is 8.42 Å². The highest BCUT2D eigenvalue weighted by Gasteiger charge is 2.39. The fourth-order valence-corrected chi connectivity index (χ4v) is 5.20. The molecule has 0 bridgehead atoms. The van der Waals surface area contributed by atoms with Crippen molar-refractivity contribution >= 4 is 21.4 Å². The second-order valence-electron chi connectivity index (χ2n) is 9.75. The monoisotopic (exact) mass is 525 g/mol. The van der Waals surface area contributed by atoms with Gasteiger partial charge in [-0.1, -0.05) is 42.5 Å². The molecule has 0 aliphatic carbocycles. The third-order valence-corrected chi connectivity index (χ3v) is 9.15. The average Bonchev–Trinajstić information content (AvgIpc) is 2.82. The molecule has 0 saturated carbocycles. The maximum atomic E-state index is 12.8. The summed E-state index contributed by atoms with van der Waals surface area (Å²) in [6.07, 6.45) is 0.717. The van der Waals surface area contributed by atoms with Crippen LogP contribution in [-0.4, -0.2) is 59.7 Å². The number of nitrogens with zero attached hydrogens (tertiary/aromatic N) is 2. The Labute approximate surface area is 215 Å². The van der Waals surface area contributed by atoms with E-state index in [2.05, 4.69) is 22.3 Å². The van der Waals surface area contributed by atoms with E-state index in [-0.39, 0.29) is 24.3 Å². The maximum absolute atomic E-state index is 12.8. The number of aliphatic hydroxyl groups is 1. The minimum atomic E-state index is -3.78. The Morgan fingerprint density at radius 3 is 2.38 bits per heavy atom. The molecule has 2 heterocycles. The Bertz CT molecular complexity index is 1430. The zero-order valence-corrected chi connectivity index (χ0v) is 21.6. The standard InChI is InChI=1S/C27H31N3O6S/c1-27(37(2,35)36,18-28-26(34)22-10-6-7-11-23(22)31)15-25(33)30-13-12-21(14-24(30)32)29-16-20(17-29)19-8-4-3-5-9-19/h3-14,20,25,31,33H,15-18H2,1-2H3,(H,28,34). The van der Waals surface area contributed by atoms with Gasteiger partial charge in [0.05, 0.1) is 10.3 Å². The fourth-order valence-electron chi connectivity index (χ4n) is 4.41. The molecule has 3 aromatic rings. The number of pyridine rings is 1. The van der Waals surface area contributed by atoms with E-state index >= 15 is 0 Å². The number of hydrogen-bond acceptors (Lipinski definition) is 7. The number of benzene rings is 2. The van der Waals surface area contributed by atoms with Crippen molar-refractivity contribution in [2.75, 3.05) is 30.8 Å². The van der Waals surface area contributed by atoms with Gasteiger partial charge in [-0.05, 0) is 30.7 Å². The lowest BCUT2D eigenvalue weighted by atomic mass is 9.91. The van der Waals surface area contributed by atoms with Gasteiger partial charge in [-0.3, -0.25) is 14.2 Å². The van der Waals surface area contributed by atoms with Crippen LogP contribution in [0.5, 0.6) is 5.75 Å². The molecule has 1 aliphatic rings. The van der Waals surface area contributed by atoms with Crippen LogP contribution < -0.4 is 15.8 Å². The van der Waals surface area contributed by atoms with E-state index in [0.717, 1.165) is 29.6 Å². The van der Waals surface area contributed by atoms with Crippen LogP contribution in [0, 0.1) is 0 Å². The molecule has 2 unspecified atom stereocenters. The Hall–Kier alpha value is -3.63. The fraction of sp³-hybridized carbons (Fsp3) is 0.333. The topological polar surface area (TPSA) is 129 Å². The minimum Gasteiger partial charge on any atom is -0.507 e. The molecular weight excluding hydrogens is 494 g/mol. The molecule has 0 spiro atoms. The van der Waals surface area contributed by atoms with Crippen LogP contribution in [-0.2, 0) is 9.84 Å². The summed E-state index contributed by atoms with van der Waals surface area (Å²) in [7, 11) is -3.78. The van der Waals surface area contributed by atoms with Gasteiger partial charge in [0.25, 0.3) is 11.5 Å². The summed E-state index contributed by atoms with van der Waals surface area (Å²) in [6.45, 7) is 2.63. The van der Waals surface area contributed by atoms with Crippen LogP contribution in [0.15, 0.2) is 77.7 Å². The van der Waals surface area contributed by atoms with E-state index in [1.165, 1.54) is 36.9 Å². The third-order valence-electron chi connectivity index (χ3n) is 7.05. The van der Waals surface area contributed by atoms with E-state index in [1.807, 2.05) is 18.2 Å². The number of phenols is 1. The van der Waals surface area contributed by atoms with Crippen molar-refractivity contribution in [2.45, 2.75) is 30.2 Å². The molecule has 10 heteroatoms. The van der Waals surface area contributed by atoms with Gasteiger partial charge >= 0.3 is 0 Å². The summed E-state index contributed by atoms with van der Waals surface area (Å²) in [5.41, 5.74) is 1.53. The van der Waals surface area contributed by atoms with Crippen molar-refractivity contribution < 1.29 is 23.4 Å². The lowest BCUT2D eigenvalue weighted by Crippen LogP contribution is -2.48. The Morgan fingerprint density at radius 2 is 1.76 bits per heavy atom. The number of rotatable bonds is 9. The van der Waals surface area contributed by atoms with E-state index in [0.29, 0.717) is 5.92 Å². The van der Waals surface area contributed by atoms with Gasteiger partial charge in [0.2, 0.25) is 0 Å². The van der Waals surface area contributed by atoms with Gasteiger partial charge in [0.1, 0.15) is 12.0 Å². The van der Waals surface area contributed by atoms with Crippen molar-refractivity contribution in [1.82, 2.24) is 9.88 Å². The normalized spacial score (nSPS) is 16.5. The number of hydrogen-bond donors (Lipinski definition) is 3. The van der Waals surface area contributed by atoms with Gasteiger partial charge in [-0.2, -0.15) is 0 Å². The lowest BCUT2D eigenvalue weighted by Gasteiger charge is -2.41. The number of para-hydroxylation sites is 1. The number of carbonyl (C=O) groups excluding carboxylic acids is 1. The SMILES string of the molecule is CC(CNC(=O)c1ccccc1O)(CC(O)n1ccc(N2CC(c3ccccc3)C2)cc1=O)S(C)(=O)=O. The Balaban J connectivity index is 1.44. The zero-order chi connectivity index (χ0) is 26.8. The molecule has 2 atom stereocenters. The van der Waals surface area contributed by atoms with Crippen LogP contribution >= 0.6 is 0 Å². The number of aliphatic hydroxyl groups excluding tert-OH is 1. The highest BCUT2D eigenvalue weighted by Crippen LogP contribution is 2.31. The van der Waals surface area contributed by atoms with Gasteiger partial charge in [-0.15, -0.1) is 0 Å². The molecule has 1 fully saturated rings. The van der Waals surface area contributed by atoms with Crippen molar-refractivity contribution in [3.05, 3.63) is 94.4 Å². The number of nitrogens with one attached hydrogen (secondary N) is 1. The summed E-state index contributed by atoms with van der Waals surface area (Å²) in [4.78, 5) is 27.4. The molecule has 3 N–H and O–H groups in total. The predicted octanol–water partition coefficient (Wildman–Crippen LogP) is 2.27. The van der Waals surface area contributed by atoms with Crippen LogP contribution in [0.3, 0.4) is 0 Å². The first-order chi connectivity index (χ1) is 17.5. The first-order valence-corrected chi connectivity index (χ1v) is 13.8. The molecule has 1 aliphatic heterocycles. The minimum absolute atomic E-state index is 0.00575. The number of sulfone groups is 1. The second-order valence-corrected chi connectivity index (χ2v) is 12.3. The smallest absolute Gasteiger partial charge is 0.255 e. The summed E-state index contributed by atoms with van der Waals surface area (Å²) in [6, 6.07) is 19.2. The number of aromatic nitrogens is 1. The van der Waals surface area contributed by atoms with E-state index in [4.69, 9.17) is 0 Å². The van der Waals surface area contributed by atoms with Crippen molar-refractivity contribution in [2.24, 2.45) is 0 Å². The van der Waals surface area contributed by atoms with Crippen LogP contribution in [0.25, 0.3) is 0 Å². The quantitative estimate of drug-likeness (QED) is 0.391. The predicted molar refractivity (Wildman–Crippen MR) is 142 cm³/mol. The van der Waals surface area contributed by atoms with Gasteiger partial charge in [0.15, 0.2) is 9.84 Å². The van der Waals surface area contributed by atoms with Gasteiger partial charge < -0.3 is 20.4 Å². The number of amides is 1. The molecule has 196 valence electrons. The zero-order valence-electron chi connectivity index (χ0n) is 20.7. The summed E-state index contributed by atoms with van der Waals surface area (Å²) in [5, 5.41) is 23.3. The molecule has 0 radical (unpaired) electrons. The highest BCUT2D eigenvalue weighted by atomic mass is 32.2. The Morgan fingerprint density at radius 1 is 1.11 bits per heavy atom. The van der Waals surface area contributed by atoms with Gasteiger partial charge in [0, 0.05) is 56.2 Å². The average molecular weight is 526 g/mol. The van der Waals surface area contributed by atoms with Crippen LogP contribution in [0.2, 0.25) is 0 Å². The van der Waals surface area contributed by atoms with Crippen LogP contribution in [0.4, 0.5) is 5.69 Å². The lowest BCUT2D eigenvalue weighted by molar-refractivity contribution is 0.0767. The molecule has 4 rings (SSSR count). The molecule has 1 saturated heterocycles. The number of phenolic OH excluding ortho intramolecular Hbond substituents is 1. The van der Waals surface area contributed by atoms with E-state index in [1.54, 1.807) is 18.2 Å². The summed E-state index contributed by atoms with van der Waals surface area (Å²) < 4.78 is 24.8. The van der Waals surface area contributed by atoms with Crippen LogP contribution in [0.1, 0.15) is 41.4 Å². The van der Waals surface area contributed by atoms with E-state index in [9.17, 15) is 28.2 Å². The Kier molecular flexibility index (Phi) is 7.42. The summed E-state index contributed by atoms with van der Waals surface area (Å²) >= 11 is 0. The first kappa shape index (κ1) is 26.4. The maximum Gasteiger partial charge on any atom is 0.255 e. The highest BCUT2D eigenvalue weighted by molar-refractivity contribution is 7.92. The number of carbonyl (C=O) groups is 1. The summed E-state index contributed by atoms with van der Waals surface area (Å²) in [5.74, 6) is -0.491. The third kappa shape index (κ3) is 5.70. The molecule has 1 aromatic heterocycles. The first-order valence-electron chi connectivity index (χ1n) is 11.9. The van der Waals surface area contributed by atoms with Crippen molar-refractivity contribution in [3.63, 3.8) is 0 Å². The number of aromatic hydroxyl groups is 1. The molecular formula is C27H31N3O6S. The molecule has 2 aromatic carbocycles. The molecule has 1 amide bonds. The second kappa shape index (κ2) is 10.4. The van der Waals surface area contributed by atoms with Crippen molar-refractivity contribution in [1.29, 1.82) is 0 Å². The number of anilines is 1. The van der Waals surface area contributed by atoms with Crippen molar-refractivity contribution in [3.8, 4) is 5.75 Å². The largest absolute Gasteiger partial charge is 0.507 e.